The fourth-order valence-corrected chi connectivity index (χ4v) is 4.37. The predicted octanol–water partition coefficient (Wildman–Crippen LogP) is 3.11. The van der Waals surface area contributed by atoms with Crippen LogP contribution in [-0.2, 0) is 16.1 Å². The Hall–Kier alpha value is -3.14. The highest BCUT2D eigenvalue weighted by atomic mass is 32.1. The van der Waals surface area contributed by atoms with Crippen LogP contribution in [0.5, 0.6) is 11.5 Å². The topological polar surface area (TPSA) is 96.9 Å². The number of hydrogen-bond donors (Lipinski definition) is 0. The van der Waals surface area contributed by atoms with Gasteiger partial charge in [0.2, 0.25) is 0 Å². The molecule has 0 bridgehead atoms. The second-order valence-corrected chi connectivity index (χ2v) is 8.03. The first-order valence-corrected chi connectivity index (χ1v) is 10.7. The third kappa shape index (κ3) is 4.48. The van der Waals surface area contributed by atoms with Gasteiger partial charge >= 0.3 is 5.97 Å². The number of hydrogen-bond acceptors (Lipinski definition) is 7. The van der Waals surface area contributed by atoms with E-state index in [2.05, 4.69) is 10.1 Å². The minimum absolute atomic E-state index is 0.00268. The summed E-state index contributed by atoms with van der Waals surface area (Å²) in [5.74, 6) is 0.240. The van der Waals surface area contributed by atoms with Crippen molar-refractivity contribution in [1.82, 2.24) is 14.3 Å². The molecule has 2 heterocycles. The molecule has 1 amide bonds. The van der Waals surface area contributed by atoms with Gasteiger partial charge in [0.1, 0.15) is 34.0 Å². The molecular weight excluding hydrogens is 420 g/mol. The highest BCUT2D eigenvalue weighted by molar-refractivity contribution is 7.16. The maximum Gasteiger partial charge on any atom is 0.326 e. The molecule has 0 atom stereocenters. The molecular formula is C21H26N4O5S. The summed E-state index contributed by atoms with van der Waals surface area (Å²) in [7, 11) is 3.10. The molecule has 3 rings (SSSR count). The van der Waals surface area contributed by atoms with Gasteiger partial charge in [-0.15, -0.1) is 0 Å². The largest absolute Gasteiger partial charge is 0.495 e. The minimum atomic E-state index is -0.448. The second kappa shape index (κ2) is 9.34. The van der Waals surface area contributed by atoms with Gasteiger partial charge in [-0.2, -0.15) is 10.1 Å². The fraction of sp³-hybridized carbons (Fsp3) is 0.429. The molecule has 0 radical (unpaired) electrons. The van der Waals surface area contributed by atoms with Crippen molar-refractivity contribution >= 4 is 33.4 Å². The van der Waals surface area contributed by atoms with Crippen LogP contribution in [0.15, 0.2) is 23.2 Å². The third-order valence-corrected chi connectivity index (χ3v) is 5.64. The Bertz CT molecular complexity index is 1190. The average Bonchev–Trinajstić information content (AvgIpc) is 3.29. The molecule has 0 aliphatic heterocycles. The van der Waals surface area contributed by atoms with E-state index in [1.54, 1.807) is 48.6 Å². The standard InChI is InChI=1S/C21H26N4O5S/c1-7-30-17(26)11-24-18-15(28-5)8-9-16(29-6)19(18)31-21(24)22-20(27)14-10-13(4)23-25(14)12(2)3/h8-10,12H,7,11H2,1-6H3. The zero-order valence-electron chi connectivity index (χ0n) is 18.5. The second-order valence-electron chi connectivity index (χ2n) is 7.05. The Morgan fingerprint density at radius 2 is 1.87 bits per heavy atom. The van der Waals surface area contributed by atoms with Crippen LogP contribution in [0.3, 0.4) is 0 Å². The number of amides is 1. The van der Waals surface area contributed by atoms with Gasteiger partial charge in [-0.1, -0.05) is 11.3 Å². The first-order valence-electron chi connectivity index (χ1n) is 9.85. The summed E-state index contributed by atoms with van der Waals surface area (Å²) in [4.78, 5) is 30.1. The van der Waals surface area contributed by atoms with Crippen molar-refractivity contribution in [2.45, 2.75) is 40.3 Å². The lowest BCUT2D eigenvalue weighted by atomic mass is 10.3. The van der Waals surface area contributed by atoms with E-state index in [9.17, 15) is 9.59 Å². The van der Waals surface area contributed by atoms with Crippen LogP contribution in [0.2, 0.25) is 0 Å². The monoisotopic (exact) mass is 446 g/mol. The van der Waals surface area contributed by atoms with Gasteiger partial charge in [0, 0.05) is 6.04 Å². The summed E-state index contributed by atoms with van der Waals surface area (Å²) in [5.41, 5.74) is 1.72. The Kier molecular flexibility index (Phi) is 6.79. The molecule has 0 fully saturated rings. The Labute approximate surface area is 183 Å². The van der Waals surface area contributed by atoms with E-state index in [4.69, 9.17) is 14.2 Å². The van der Waals surface area contributed by atoms with Crippen molar-refractivity contribution in [1.29, 1.82) is 0 Å². The summed E-state index contributed by atoms with van der Waals surface area (Å²) < 4.78 is 20.1. The van der Waals surface area contributed by atoms with Gasteiger partial charge in [-0.25, -0.2) is 0 Å². The highest BCUT2D eigenvalue weighted by Crippen LogP contribution is 2.35. The van der Waals surface area contributed by atoms with Gasteiger partial charge in [-0.05, 0) is 45.9 Å². The summed E-state index contributed by atoms with van der Waals surface area (Å²) in [6.07, 6.45) is 0. The van der Waals surface area contributed by atoms with Crippen molar-refractivity contribution in [3.05, 3.63) is 34.4 Å². The fourth-order valence-electron chi connectivity index (χ4n) is 3.24. The normalized spacial score (nSPS) is 11.9. The molecule has 0 unspecified atom stereocenters. The number of rotatable bonds is 7. The highest BCUT2D eigenvalue weighted by Gasteiger charge is 2.21. The molecule has 3 aromatic rings. The van der Waals surface area contributed by atoms with Crippen LogP contribution in [-0.4, -0.2) is 47.1 Å². The molecule has 166 valence electrons. The number of fused-ring (bicyclic) bond motifs is 1. The van der Waals surface area contributed by atoms with Crippen LogP contribution in [0.4, 0.5) is 0 Å². The number of nitrogens with zero attached hydrogens (tertiary/aromatic N) is 4. The quantitative estimate of drug-likeness (QED) is 0.518. The number of aryl methyl sites for hydroxylation is 1. The number of carbonyl (C=O) groups is 2. The maximum atomic E-state index is 13.1. The van der Waals surface area contributed by atoms with E-state index < -0.39 is 11.9 Å². The van der Waals surface area contributed by atoms with Crippen LogP contribution < -0.4 is 14.3 Å². The van der Waals surface area contributed by atoms with Gasteiger partial charge in [0.05, 0.1) is 26.5 Å². The third-order valence-electron chi connectivity index (χ3n) is 4.55. The van der Waals surface area contributed by atoms with Gasteiger partial charge in [-0.3, -0.25) is 14.3 Å². The first-order chi connectivity index (χ1) is 14.8. The van der Waals surface area contributed by atoms with Crippen molar-refractivity contribution in [2.24, 2.45) is 4.99 Å². The molecule has 0 N–H and O–H groups in total. The van der Waals surface area contributed by atoms with Crippen LogP contribution in [0.25, 0.3) is 10.2 Å². The van der Waals surface area contributed by atoms with Crippen LogP contribution in [0, 0.1) is 6.92 Å². The van der Waals surface area contributed by atoms with Crippen molar-refractivity contribution in [3.63, 3.8) is 0 Å². The molecule has 0 aliphatic carbocycles. The first kappa shape index (κ1) is 22.5. The van der Waals surface area contributed by atoms with E-state index in [0.717, 1.165) is 5.69 Å². The maximum absolute atomic E-state index is 13.1. The number of methoxy groups -OCH3 is 2. The zero-order chi connectivity index (χ0) is 22.7. The van der Waals surface area contributed by atoms with E-state index in [1.165, 1.54) is 11.3 Å². The van der Waals surface area contributed by atoms with Crippen molar-refractivity contribution < 1.29 is 23.8 Å². The number of thiazole rings is 1. The zero-order valence-corrected chi connectivity index (χ0v) is 19.3. The number of esters is 1. The Morgan fingerprint density at radius 3 is 2.48 bits per heavy atom. The minimum Gasteiger partial charge on any atom is -0.495 e. The van der Waals surface area contributed by atoms with Crippen molar-refractivity contribution in [2.75, 3.05) is 20.8 Å². The summed E-state index contributed by atoms with van der Waals surface area (Å²) >= 11 is 1.24. The molecule has 0 saturated heterocycles. The predicted molar refractivity (Wildman–Crippen MR) is 117 cm³/mol. The van der Waals surface area contributed by atoms with E-state index in [-0.39, 0.29) is 19.2 Å². The molecule has 10 heteroatoms. The van der Waals surface area contributed by atoms with E-state index >= 15 is 0 Å². The lowest BCUT2D eigenvalue weighted by Crippen LogP contribution is -2.24. The van der Waals surface area contributed by atoms with E-state index in [0.29, 0.717) is 32.2 Å². The number of benzene rings is 1. The molecule has 0 spiro atoms. The van der Waals surface area contributed by atoms with Gasteiger partial charge in [0.15, 0.2) is 4.80 Å². The smallest absolute Gasteiger partial charge is 0.326 e. The number of aromatic nitrogens is 3. The van der Waals surface area contributed by atoms with Crippen LogP contribution >= 0.6 is 11.3 Å². The Balaban J connectivity index is 2.25. The molecule has 9 nitrogen and oxygen atoms in total. The molecule has 1 aromatic carbocycles. The van der Waals surface area contributed by atoms with Crippen molar-refractivity contribution in [3.8, 4) is 11.5 Å². The SMILES string of the molecule is CCOC(=O)Cn1c(=NC(=O)c2cc(C)nn2C(C)C)sc2c(OC)ccc(OC)c21. The van der Waals surface area contributed by atoms with Gasteiger partial charge < -0.3 is 18.8 Å². The van der Waals surface area contributed by atoms with Gasteiger partial charge in [0.25, 0.3) is 5.91 Å². The summed E-state index contributed by atoms with van der Waals surface area (Å²) in [6.45, 7) is 7.58. The Morgan fingerprint density at radius 1 is 1.19 bits per heavy atom. The molecule has 31 heavy (non-hydrogen) atoms. The average molecular weight is 447 g/mol. The summed E-state index contributed by atoms with van der Waals surface area (Å²) in [6, 6.07) is 5.22. The number of ether oxygens (including phenoxy) is 3. The lowest BCUT2D eigenvalue weighted by Gasteiger charge is -2.10. The number of carbonyl (C=O) groups excluding carboxylic acids is 2. The summed E-state index contributed by atoms with van der Waals surface area (Å²) in [5, 5.41) is 4.38. The molecule has 2 aromatic heterocycles. The molecule has 0 aliphatic rings. The van der Waals surface area contributed by atoms with Crippen LogP contribution in [0.1, 0.15) is 43.0 Å². The lowest BCUT2D eigenvalue weighted by molar-refractivity contribution is -0.143. The van der Waals surface area contributed by atoms with E-state index in [1.807, 2.05) is 20.8 Å². The molecule has 0 saturated carbocycles.